The summed E-state index contributed by atoms with van der Waals surface area (Å²) in [6, 6.07) is 13.4. The number of aryl methyl sites for hydroxylation is 1. The molecular weight excluding hydrogens is 384 g/mol. The molecule has 1 saturated heterocycles. The van der Waals surface area contributed by atoms with Gasteiger partial charge in [0.15, 0.2) is 5.11 Å². The molecule has 3 rings (SSSR count). The maximum absolute atomic E-state index is 5.56. The highest BCUT2D eigenvalue weighted by Gasteiger charge is 2.24. The van der Waals surface area contributed by atoms with Crippen molar-refractivity contribution in [2.45, 2.75) is 32.2 Å². The molecule has 6 heteroatoms. The zero-order chi connectivity index (χ0) is 19.8. The van der Waals surface area contributed by atoms with Gasteiger partial charge in [0, 0.05) is 43.3 Å². The summed E-state index contributed by atoms with van der Waals surface area (Å²) in [4.78, 5) is 6.37. The van der Waals surface area contributed by atoms with E-state index < -0.39 is 0 Å². The monoisotopic (exact) mass is 416 g/mol. The maximum atomic E-state index is 5.56. The molecule has 0 saturated carbocycles. The SMILES string of the molecule is CCCCc1ccc(NC(=S)NCC(c2cccs2)N2CCN(C)CC2)cc1. The maximum Gasteiger partial charge on any atom is 0.170 e. The lowest BCUT2D eigenvalue weighted by Gasteiger charge is -2.37. The summed E-state index contributed by atoms with van der Waals surface area (Å²) in [6.07, 6.45) is 3.61. The molecule has 1 aromatic heterocycles. The lowest BCUT2D eigenvalue weighted by molar-refractivity contribution is 0.114. The standard InChI is InChI=1S/C22H32N4S2/c1-3-4-6-18-8-10-19(11-9-18)24-22(27)23-17-20(21-7-5-16-28-21)26-14-12-25(2)13-15-26/h5,7-11,16,20H,3-4,6,12-15,17H2,1-2H3,(H2,23,24,27). The lowest BCUT2D eigenvalue weighted by atomic mass is 10.1. The topological polar surface area (TPSA) is 30.5 Å². The molecule has 1 aliphatic heterocycles. The van der Waals surface area contributed by atoms with Crippen LogP contribution in [0.3, 0.4) is 0 Å². The number of anilines is 1. The quantitative estimate of drug-likeness (QED) is 0.624. The molecule has 0 spiro atoms. The van der Waals surface area contributed by atoms with Gasteiger partial charge in [-0.15, -0.1) is 11.3 Å². The first-order valence-corrected chi connectivity index (χ1v) is 11.5. The van der Waals surface area contributed by atoms with Crippen LogP contribution >= 0.6 is 23.6 Å². The summed E-state index contributed by atoms with van der Waals surface area (Å²) < 4.78 is 0. The van der Waals surface area contributed by atoms with Crippen molar-refractivity contribution in [3.63, 3.8) is 0 Å². The largest absolute Gasteiger partial charge is 0.360 e. The molecule has 0 radical (unpaired) electrons. The van der Waals surface area contributed by atoms with Gasteiger partial charge in [0.1, 0.15) is 0 Å². The minimum atomic E-state index is 0.366. The van der Waals surface area contributed by atoms with E-state index in [0.29, 0.717) is 11.2 Å². The Balaban J connectivity index is 1.53. The molecule has 0 bridgehead atoms. The molecule has 2 N–H and O–H groups in total. The van der Waals surface area contributed by atoms with Crippen LogP contribution < -0.4 is 10.6 Å². The summed E-state index contributed by atoms with van der Waals surface area (Å²) in [7, 11) is 2.20. The molecule has 28 heavy (non-hydrogen) atoms. The summed E-state index contributed by atoms with van der Waals surface area (Å²) in [6.45, 7) is 7.49. The lowest BCUT2D eigenvalue weighted by Crippen LogP contribution is -2.48. The van der Waals surface area contributed by atoms with Crippen LogP contribution in [-0.2, 0) is 6.42 Å². The first-order valence-electron chi connectivity index (χ1n) is 10.3. The highest BCUT2D eigenvalue weighted by molar-refractivity contribution is 7.80. The number of likely N-dealkylation sites (N-methyl/N-ethyl adjacent to an activating group) is 1. The second-order valence-corrected chi connectivity index (χ2v) is 8.89. The fraction of sp³-hybridized carbons (Fsp3) is 0.500. The van der Waals surface area contributed by atoms with Crippen molar-refractivity contribution >= 4 is 34.4 Å². The Kier molecular flexibility index (Phi) is 8.27. The Labute approximate surface area is 178 Å². The Bertz CT molecular complexity index is 707. The number of nitrogens with one attached hydrogen (secondary N) is 2. The van der Waals surface area contributed by atoms with E-state index in [0.717, 1.165) is 44.8 Å². The van der Waals surface area contributed by atoms with Gasteiger partial charge in [-0.3, -0.25) is 4.90 Å². The molecule has 152 valence electrons. The predicted octanol–water partition coefficient (Wildman–Crippen LogP) is 4.37. The molecule has 1 unspecified atom stereocenters. The second kappa shape index (κ2) is 10.9. The van der Waals surface area contributed by atoms with Crippen molar-refractivity contribution in [2.24, 2.45) is 0 Å². The Morgan fingerprint density at radius 2 is 1.89 bits per heavy atom. The van der Waals surface area contributed by atoms with Gasteiger partial charge in [0.2, 0.25) is 0 Å². The van der Waals surface area contributed by atoms with Crippen LogP contribution in [0.25, 0.3) is 0 Å². The first-order chi connectivity index (χ1) is 13.7. The van der Waals surface area contributed by atoms with E-state index in [-0.39, 0.29) is 0 Å². The zero-order valence-corrected chi connectivity index (χ0v) is 18.6. The smallest absolute Gasteiger partial charge is 0.170 e. The van der Waals surface area contributed by atoms with Crippen LogP contribution in [0.15, 0.2) is 41.8 Å². The van der Waals surface area contributed by atoms with Crippen molar-refractivity contribution in [3.8, 4) is 0 Å². The minimum Gasteiger partial charge on any atom is -0.360 e. The second-order valence-electron chi connectivity index (χ2n) is 7.51. The molecule has 1 fully saturated rings. The molecule has 0 aliphatic carbocycles. The van der Waals surface area contributed by atoms with Gasteiger partial charge < -0.3 is 15.5 Å². The third kappa shape index (κ3) is 6.27. The van der Waals surface area contributed by atoms with E-state index in [2.05, 4.69) is 76.2 Å². The van der Waals surface area contributed by atoms with E-state index in [9.17, 15) is 0 Å². The highest BCUT2D eigenvalue weighted by atomic mass is 32.1. The molecule has 2 aromatic rings. The van der Waals surface area contributed by atoms with Gasteiger partial charge in [-0.25, -0.2) is 0 Å². The molecule has 1 aliphatic rings. The molecule has 1 atom stereocenters. The van der Waals surface area contributed by atoms with E-state index in [4.69, 9.17) is 12.2 Å². The van der Waals surface area contributed by atoms with E-state index in [1.165, 1.54) is 23.3 Å². The van der Waals surface area contributed by atoms with Gasteiger partial charge in [0.25, 0.3) is 0 Å². The van der Waals surface area contributed by atoms with Gasteiger partial charge in [-0.2, -0.15) is 0 Å². The molecule has 1 aromatic carbocycles. The summed E-state index contributed by atoms with van der Waals surface area (Å²) in [5.74, 6) is 0. The number of hydrogen-bond donors (Lipinski definition) is 2. The van der Waals surface area contributed by atoms with Crippen molar-refractivity contribution < 1.29 is 0 Å². The number of benzene rings is 1. The number of hydrogen-bond acceptors (Lipinski definition) is 4. The zero-order valence-electron chi connectivity index (χ0n) is 17.0. The van der Waals surface area contributed by atoms with E-state index >= 15 is 0 Å². The number of rotatable bonds is 8. The molecule has 4 nitrogen and oxygen atoms in total. The normalized spacial score (nSPS) is 16.6. The Morgan fingerprint density at radius 3 is 2.54 bits per heavy atom. The predicted molar refractivity (Wildman–Crippen MR) is 125 cm³/mol. The molecule has 0 amide bonds. The number of unbranched alkanes of at least 4 members (excludes halogenated alkanes) is 1. The summed E-state index contributed by atoms with van der Waals surface area (Å²) >= 11 is 7.39. The first kappa shape index (κ1) is 21.2. The third-order valence-electron chi connectivity index (χ3n) is 5.34. The van der Waals surface area contributed by atoms with E-state index in [1.54, 1.807) is 0 Å². The van der Waals surface area contributed by atoms with E-state index in [1.807, 2.05) is 11.3 Å². The van der Waals surface area contributed by atoms with Crippen molar-refractivity contribution in [1.82, 2.24) is 15.1 Å². The minimum absolute atomic E-state index is 0.366. The summed E-state index contributed by atoms with van der Waals surface area (Å²) in [5, 5.41) is 9.63. The Morgan fingerprint density at radius 1 is 1.14 bits per heavy atom. The average Bonchev–Trinajstić information content (AvgIpc) is 3.23. The molecule has 2 heterocycles. The van der Waals surface area contributed by atoms with Crippen LogP contribution in [0.4, 0.5) is 5.69 Å². The number of thiocarbonyl (C=S) groups is 1. The van der Waals surface area contributed by atoms with Gasteiger partial charge >= 0.3 is 0 Å². The fourth-order valence-corrected chi connectivity index (χ4v) is 4.59. The average molecular weight is 417 g/mol. The van der Waals surface area contributed by atoms with Crippen LogP contribution in [-0.4, -0.2) is 54.7 Å². The van der Waals surface area contributed by atoms with Gasteiger partial charge in [-0.1, -0.05) is 31.5 Å². The van der Waals surface area contributed by atoms with Gasteiger partial charge in [0.05, 0.1) is 6.04 Å². The number of piperazine rings is 1. The van der Waals surface area contributed by atoms with Crippen LogP contribution in [0.2, 0.25) is 0 Å². The fourth-order valence-electron chi connectivity index (χ4n) is 3.52. The van der Waals surface area contributed by atoms with Crippen LogP contribution in [0.1, 0.15) is 36.2 Å². The van der Waals surface area contributed by atoms with Gasteiger partial charge in [-0.05, 0) is 61.2 Å². The Hall–Kier alpha value is -1.47. The number of thiophene rings is 1. The summed E-state index contributed by atoms with van der Waals surface area (Å²) in [5.41, 5.74) is 2.43. The molecular formula is C22H32N4S2. The van der Waals surface area contributed by atoms with Crippen molar-refractivity contribution in [3.05, 3.63) is 52.2 Å². The highest BCUT2D eigenvalue weighted by Crippen LogP contribution is 2.25. The van der Waals surface area contributed by atoms with Crippen LogP contribution in [0.5, 0.6) is 0 Å². The van der Waals surface area contributed by atoms with Crippen molar-refractivity contribution in [2.75, 3.05) is 45.1 Å². The van der Waals surface area contributed by atoms with Crippen LogP contribution in [0, 0.1) is 0 Å². The number of nitrogens with zero attached hydrogens (tertiary/aromatic N) is 2. The van der Waals surface area contributed by atoms with Crippen molar-refractivity contribution in [1.29, 1.82) is 0 Å². The third-order valence-corrected chi connectivity index (χ3v) is 6.56.